The third-order valence-electron chi connectivity index (χ3n) is 2.99. The number of hydrogen-bond acceptors (Lipinski definition) is 2. The maximum absolute atomic E-state index is 5.88. The van der Waals surface area contributed by atoms with Gasteiger partial charge in [0, 0.05) is 11.6 Å². The molecule has 4 heteroatoms. The normalized spacial score (nSPS) is 27.9. The van der Waals surface area contributed by atoms with Crippen molar-refractivity contribution in [2.24, 2.45) is 5.73 Å². The van der Waals surface area contributed by atoms with Gasteiger partial charge in [-0.3, -0.25) is 4.68 Å². The number of hydrogen-bond donors (Lipinski definition) is 1. The van der Waals surface area contributed by atoms with Gasteiger partial charge in [0.05, 0.1) is 12.2 Å². The van der Waals surface area contributed by atoms with Gasteiger partial charge in [-0.05, 0) is 48.5 Å². The molecule has 1 saturated carbocycles. The Balaban J connectivity index is 2.12. The van der Waals surface area contributed by atoms with Crippen LogP contribution in [0.1, 0.15) is 37.3 Å². The fourth-order valence-corrected chi connectivity index (χ4v) is 2.52. The molecule has 0 aromatic carbocycles. The summed E-state index contributed by atoms with van der Waals surface area (Å²) in [4.78, 5) is 0. The van der Waals surface area contributed by atoms with Gasteiger partial charge < -0.3 is 5.73 Å². The van der Waals surface area contributed by atoms with Crippen LogP contribution in [0.3, 0.4) is 0 Å². The smallest absolute Gasteiger partial charge is 0.107 e. The van der Waals surface area contributed by atoms with Crippen molar-refractivity contribution in [3.05, 3.63) is 16.4 Å². The zero-order valence-electron chi connectivity index (χ0n) is 8.41. The summed E-state index contributed by atoms with van der Waals surface area (Å²) >= 11 is 3.57. The second-order valence-electron chi connectivity index (χ2n) is 4.13. The zero-order chi connectivity index (χ0) is 10.1. The lowest BCUT2D eigenvalue weighted by molar-refractivity contribution is 0.300. The van der Waals surface area contributed by atoms with Crippen LogP contribution in [-0.2, 0) is 0 Å². The molecular weight excluding hydrogens is 242 g/mol. The number of halogens is 1. The van der Waals surface area contributed by atoms with Gasteiger partial charge in [-0.2, -0.15) is 5.10 Å². The van der Waals surface area contributed by atoms with Gasteiger partial charge in [0.1, 0.15) is 4.60 Å². The van der Waals surface area contributed by atoms with Crippen molar-refractivity contribution in [1.82, 2.24) is 9.78 Å². The van der Waals surface area contributed by atoms with Gasteiger partial charge >= 0.3 is 0 Å². The molecule has 1 aromatic rings. The van der Waals surface area contributed by atoms with Crippen molar-refractivity contribution in [2.45, 2.75) is 44.7 Å². The number of rotatable bonds is 1. The van der Waals surface area contributed by atoms with E-state index in [4.69, 9.17) is 5.73 Å². The fourth-order valence-electron chi connectivity index (χ4n) is 2.03. The Morgan fingerprint density at radius 1 is 1.43 bits per heavy atom. The maximum atomic E-state index is 5.88. The Hall–Kier alpha value is -0.350. The first kappa shape index (κ1) is 10.2. The van der Waals surface area contributed by atoms with E-state index in [0.29, 0.717) is 12.1 Å². The van der Waals surface area contributed by atoms with Gasteiger partial charge in [0.2, 0.25) is 0 Å². The predicted molar refractivity (Wildman–Crippen MR) is 60.1 cm³/mol. The Labute approximate surface area is 92.8 Å². The highest BCUT2D eigenvalue weighted by Gasteiger charge is 2.22. The molecule has 78 valence electrons. The number of aryl methyl sites for hydroxylation is 1. The average molecular weight is 258 g/mol. The summed E-state index contributed by atoms with van der Waals surface area (Å²) in [5, 5.41) is 4.39. The predicted octanol–water partition coefficient (Wildman–Crippen LogP) is 2.40. The molecule has 0 saturated heterocycles. The molecule has 0 bridgehead atoms. The van der Waals surface area contributed by atoms with Crippen LogP contribution < -0.4 is 5.73 Å². The minimum Gasteiger partial charge on any atom is -0.328 e. The summed E-state index contributed by atoms with van der Waals surface area (Å²) in [6.45, 7) is 2.07. The summed E-state index contributed by atoms with van der Waals surface area (Å²) < 4.78 is 3.22. The van der Waals surface area contributed by atoms with E-state index in [1.54, 1.807) is 0 Å². The molecule has 0 aliphatic heterocycles. The highest BCUT2D eigenvalue weighted by atomic mass is 79.9. The van der Waals surface area contributed by atoms with Crippen molar-refractivity contribution >= 4 is 15.9 Å². The van der Waals surface area contributed by atoms with E-state index in [1.165, 1.54) is 5.56 Å². The number of nitrogens with two attached hydrogens (primary N) is 1. The first-order chi connectivity index (χ1) is 6.68. The van der Waals surface area contributed by atoms with Gasteiger partial charge in [-0.25, -0.2) is 0 Å². The molecule has 1 heterocycles. The van der Waals surface area contributed by atoms with Gasteiger partial charge in [-0.1, -0.05) is 0 Å². The van der Waals surface area contributed by atoms with Crippen molar-refractivity contribution in [1.29, 1.82) is 0 Å². The first-order valence-electron chi connectivity index (χ1n) is 5.13. The lowest BCUT2D eigenvalue weighted by Crippen LogP contribution is -2.28. The van der Waals surface area contributed by atoms with E-state index in [9.17, 15) is 0 Å². The number of aromatic nitrogens is 2. The first-order valence-corrected chi connectivity index (χ1v) is 5.93. The molecule has 0 amide bonds. The summed E-state index contributed by atoms with van der Waals surface area (Å²) in [7, 11) is 0. The zero-order valence-corrected chi connectivity index (χ0v) is 10.00. The monoisotopic (exact) mass is 257 g/mol. The summed E-state index contributed by atoms with van der Waals surface area (Å²) in [6.07, 6.45) is 6.46. The van der Waals surface area contributed by atoms with Gasteiger partial charge in [-0.15, -0.1) is 0 Å². The molecule has 2 rings (SSSR count). The van der Waals surface area contributed by atoms with E-state index >= 15 is 0 Å². The van der Waals surface area contributed by atoms with E-state index < -0.39 is 0 Å². The Kier molecular flexibility index (Phi) is 2.93. The quantitative estimate of drug-likeness (QED) is 0.840. The molecule has 2 N–H and O–H groups in total. The van der Waals surface area contributed by atoms with Crippen LogP contribution in [0.25, 0.3) is 0 Å². The fraction of sp³-hybridized carbons (Fsp3) is 0.700. The van der Waals surface area contributed by atoms with Gasteiger partial charge in [0.15, 0.2) is 0 Å². The van der Waals surface area contributed by atoms with E-state index in [2.05, 4.69) is 32.6 Å². The molecule has 14 heavy (non-hydrogen) atoms. The Bertz CT molecular complexity index is 313. The molecule has 1 fully saturated rings. The second kappa shape index (κ2) is 4.03. The molecule has 0 unspecified atom stereocenters. The summed E-state index contributed by atoms with van der Waals surface area (Å²) in [5.74, 6) is 0. The highest BCUT2D eigenvalue weighted by Crippen LogP contribution is 2.30. The van der Waals surface area contributed by atoms with Crippen LogP contribution in [0, 0.1) is 6.92 Å². The second-order valence-corrected chi connectivity index (χ2v) is 4.88. The molecule has 1 aliphatic carbocycles. The molecule has 0 spiro atoms. The lowest BCUT2D eigenvalue weighted by Gasteiger charge is -2.26. The van der Waals surface area contributed by atoms with Crippen LogP contribution in [0.15, 0.2) is 10.8 Å². The SMILES string of the molecule is Cc1cnn(C2CCC(N)CC2)c1Br. The standard InChI is InChI=1S/C10H16BrN3/c1-7-6-13-14(10(7)11)9-4-2-8(12)3-5-9/h6,8-9H,2-5,12H2,1H3. The van der Waals surface area contributed by atoms with Crippen molar-refractivity contribution in [3.63, 3.8) is 0 Å². The largest absolute Gasteiger partial charge is 0.328 e. The number of nitrogens with zero attached hydrogens (tertiary/aromatic N) is 2. The van der Waals surface area contributed by atoms with Crippen molar-refractivity contribution < 1.29 is 0 Å². The van der Waals surface area contributed by atoms with E-state index in [1.807, 2.05) is 6.20 Å². The van der Waals surface area contributed by atoms with Crippen LogP contribution in [0.4, 0.5) is 0 Å². The minimum atomic E-state index is 0.404. The van der Waals surface area contributed by atoms with Crippen LogP contribution in [-0.4, -0.2) is 15.8 Å². The maximum Gasteiger partial charge on any atom is 0.107 e. The van der Waals surface area contributed by atoms with E-state index in [0.717, 1.165) is 30.3 Å². The lowest BCUT2D eigenvalue weighted by atomic mass is 9.92. The Morgan fingerprint density at radius 2 is 2.07 bits per heavy atom. The highest BCUT2D eigenvalue weighted by molar-refractivity contribution is 9.10. The molecular formula is C10H16BrN3. The molecule has 1 aromatic heterocycles. The van der Waals surface area contributed by atoms with Crippen molar-refractivity contribution in [3.8, 4) is 0 Å². The third kappa shape index (κ3) is 1.86. The average Bonchev–Trinajstić information content (AvgIpc) is 2.50. The Morgan fingerprint density at radius 3 is 2.57 bits per heavy atom. The molecule has 0 radical (unpaired) electrons. The third-order valence-corrected chi connectivity index (χ3v) is 3.98. The molecule has 1 aliphatic rings. The topological polar surface area (TPSA) is 43.8 Å². The van der Waals surface area contributed by atoms with Crippen LogP contribution >= 0.6 is 15.9 Å². The van der Waals surface area contributed by atoms with E-state index in [-0.39, 0.29) is 0 Å². The summed E-state index contributed by atoms with van der Waals surface area (Å²) in [5.41, 5.74) is 7.09. The van der Waals surface area contributed by atoms with Gasteiger partial charge in [0.25, 0.3) is 0 Å². The molecule has 0 atom stereocenters. The minimum absolute atomic E-state index is 0.404. The molecule has 3 nitrogen and oxygen atoms in total. The van der Waals surface area contributed by atoms with Crippen molar-refractivity contribution in [2.75, 3.05) is 0 Å². The van der Waals surface area contributed by atoms with Crippen LogP contribution in [0.5, 0.6) is 0 Å². The summed E-state index contributed by atoms with van der Waals surface area (Å²) in [6, 6.07) is 0.944. The van der Waals surface area contributed by atoms with Crippen LogP contribution in [0.2, 0.25) is 0 Å².